The van der Waals surface area contributed by atoms with Crippen molar-refractivity contribution < 1.29 is 19.0 Å². The molecule has 0 aliphatic rings. The zero-order chi connectivity index (χ0) is 17.7. The molecule has 0 saturated heterocycles. The summed E-state index contributed by atoms with van der Waals surface area (Å²) in [7, 11) is 4.65. The van der Waals surface area contributed by atoms with E-state index in [1.165, 1.54) is 5.56 Å². The Hall–Kier alpha value is -2.69. The van der Waals surface area contributed by atoms with Crippen LogP contribution in [0.25, 0.3) is 0 Å². The highest BCUT2D eigenvalue weighted by Crippen LogP contribution is 2.38. The summed E-state index contributed by atoms with van der Waals surface area (Å²) in [5, 5.41) is 2.91. The minimum absolute atomic E-state index is 0.104. The van der Waals surface area contributed by atoms with Crippen LogP contribution in [0.3, 0.4) is 0 Å². The lowest BCUT2D eigenvalue weighted by Gasteiger charge is -2.14. The fourth-order valence-corrected chi connectivity index (χ4v) is 2.45. The summed E-state index contributed by atoms with van der Waals surface area (Å²) in [5.41, 5.74) is 3.90. The highest BCUT2D eigenvalue weighted by molar-refractivity contribution is 5.92. The van der Waals surface area contributed by atoms with E-state index in [-0.39, 0.29) is 12.3 Å². The molecule has 2 aromatic rings. The molecule has 2 rings (SSSR count). The second-order valence-corrected chi connectivity index (χ2v) is 5.56. The maximum Gasteiger partial charge on any atom is 0.228 e. The highest BCUT2D eigenvalue weighted by Gasteiger charge is 2.15. The van der Waals surface area contributed by atoms with E-state index < -0.39 is 0 Å². The van der Waals surface area contributed by atoms with Crippen LogP contribution in [0, 0.1) is 13.8 Å². The number of nitrogens with one attached hydrogen (secondary N) is 1. The second-order valence-electron chi connectivity index (χ2n) is 5.56. The van der Waals surface area contributed by atoms with E-state index in [4.69, 9.17) is 14.2 Å². The van der Waals surface area contributed by atoms with Crippen molar-refractivity contribution >= 4 is 11.6 Å². The SMILES string of the molecule is COc1cc(CC(=O)Nc2ccc(C)c(C)c2)cc(OC)c1OC. The summed E-state index contributed by atoms with van der Waals surface area (Å²) >= 11 is 0. The Kier molecular flexibility index (Phi) is 5.68. The van der Waals surface area contributed by atoms with Gasteiger partial charge in [0.15, 0.2) is 11.5 Å². The van der Waals surface area contributed by atoms with Crippen molar-refractivity contribution in [2.75, 3.05) is 26.6 Å². The van der Waals surface area contributed by atoms with Crippen LogP contribution in [0.4, 0.5) is 5.69 Å². The molecule has 1 N–H and O–H groups in total. The first kappa shape index (κ1) is 17.7. The molecule has 24 heavy (non-hydrogen) atoms. The number of methoxy groups -OCH3 is 3. The van der Waals surface area contributed by atoms with Gasteiger partial charge in [0.05, 0.1) is 27.8 Å². The van der Waals surface area contributed by atoms with Gasteiger partial charge in [0, 0.05) is 5.69 Å². The molecule has 1 amide bonds. The largest absolute Gasteiger partial charge is 0.493 e. The van der Waals surface area contributed by atoms with E-state index in [0.29, 0.717) is 17.2 Å². The quantitative estimate of drug-likeness (QED) is 0.881. The molecule has 0 bridgehead atoms. The number of rotatable bonds is 6. The summed E-state index contributed by atoms with van der Waals surface area (Å²) in [6.07, 6.45) is 0.212. The molecule has 0 atom stereocenters. The van der Waals surface area contributed by atoms with Crippen molar-refractivity contribution in [3.63, 3.8) is 0 Å². The average Bonchev–Trinajstić information content (AvgIpc) is 2.57. The summed E-state index contributed by atoms with van der Waals surface area (Å²) in [5.74, 6) is 1.47. The summed E-state index contributed by atoms with van der Waals surface area (Å²) < 4.78 is 15.9. The van der Waals surface area contributed by atoms with Gasteiger partial charge < -0.3 is 19.5 Å². The zero-order valence-electron chi connectivity index (χ0n) is 14.7. The lowest BCUT2D eigenvalue weighted by molar-refractivity contribution is -0.115. The van der Waals surface area contributed by atoms with Gasteiger partial charge in [0.2, 0.25) is 11.7 Å². The topological polar surface area (TPSA) is 56.8 Å². The average molecular weight is 329 g/mol. The molecule has 0 unspecified atom stereocenters. The van der Waals surface area contributed by atoms with Crippen LogP contribution in [0.1, 0.15) is 16.7 Å². The Balaban J connectivity index is 2.17. The number of carbonyl (C=O) groups excluding carboxylic acids is 1. The van der Waals surface area contributed by atoms with Gasteiger partial charge in [-0.2, -0.15) is 0 Å². The smallest absolute Gasteiger partial charge is 0.228 e. The van der Waals surface area contributed by atoms with Crippen molar-refractivity contribution in [2.45, 2.75) is 20.3 Å². The van der Waals surface area contributed by atoms with Crippen molar-refractivity contribution in [3.05, 3.63) is 47.0 Å². The summed E-state index contributed by atoms with van der Waals surface area (Å²) in [4.78, 5) is 12.3. The van der Waals surface area contributed by atoms with Gasteiger partial charge >= 0.3 is 0 Å². The number of anilines is 1. The molecule has 0 spiro atoms. The molecule has 0 aliphatic carbocycles. The number of amides is 1. The van der Waals surface area contributed by atoms with Gasteiger partial charge in [-0.3, -0.25) is 4.79 Å². The number of hydrogen-bond acceptors (Lipinski definition) is 4. The van der Waals surface area contributed by atoms with Crippen LogP contribution in [0.15, 0.2) is 30.3 Å². The van der Waals surface area contributed by atoms with Crippen molar-refractivity contribution in [3.8, 4) is 17.2 Å². The van der Waals surface area contributed by atoms with Crippen LogP contribution in [0.5, 0.6) is 17.2 Å². The molecule has 0 fully saturated rings. The van der Waals surface area contributed by atoms with E-state index in [9.17, 15) is 4.79 Å². The second kappa shape index (κ2) is 7.73. The first-order valence-electron chi connectivity index (χ1n) is 7.64. The maximum absolute atomic E-state index is 12.3. The van der Waals surface area contributed by atoms with Crippen LogP contribution in [-0.2, 0) is 11.2 Å². The van der Waals surface area contributed by atoms with Crippen LogP contribution in [-0.4, -0.2) is 27.2 Å². The molecule has 0 heterocycles. The molecular formula is C19H23NO4. The van der Waals surface area contributed by atoms with E-state index in [1.54, 1.807) is 33.5 Å². The Labute approximate surface area is 142 Å². The number of ether oxygens (including phenoxy) is 3. The molecule has 0 aromatic heterocycles. The van der Waals surface area contributed by atoms with Crippen molar-refractivity contribution in [1.29, 1.82) is 0 Å². The first-order valence-corrected chi connectivity index (χ1v) is 7.64. The molecule has 5 nitrogen and oxygen atoms in total. The van der Waals surface area contributed by atoms with E-state index in [2.05, 4.69) is 5.32 Å². The zero-order valence-corrected chi connectivity index (χ0v) is 14.7. The fraction of sp³-hybridized carbons (Fsp3) is 0.316. The van der Waals surface area contributed by atoms with Gasteiger partial charge in [-0.25, -0.2) is 0 Å². The number of aryl methyl sites for hydroxylation is 2. The van der Waals surface area contributed by atoms with Crippen molar-refractivity contribution in [1.82, 2.24) is 0 Å². The number of hydrogen-bond donors (Lipinski definition) is 1. The molecule has 2 aromatic carbocycles. The standard InChI is InChI=1S/C19H23NO4/c1-12-6-7-15(8-13(12)2)20-18(21)11-14-9-16(22-3)19(24-5)17(10-14)23-4/h6-10H,11H2,1-5H3,(H,20,21). The third-order valence-corrected chi connectivity index (χ3v) is 3.88. The molecular weight excluding hydrogens is 306 g/mol. The Morgan fingerprint density at radius 3 is 2.04 bits per heavy atom. The van der Waals surface area contributed by atoms with Gasteiger partial charge in [0.1, 0.15) is 0 Å². The van der Waals surface area contributed by atoms with Crippen molar-refractivity contribution in [2.24, 2.45) is 0 Å². The van der Waals surface area contributed by atoms with Gasteiger partial charge in [-0.1, -0.05) is 6.07 Å². The van der Waals surface area contributed by atoms with Gasteiger partial charge in [-0.15, -0.1) is 0 Å². The third kappa shape index (κ3) is 3.98. The Morgan fingerprint density at radius 2 is 1.54 bits per heavy atom. The third-order valence-electron chi connectivity index (χ3n) is 3.88. The maximum atomic E-state index is 12.3. The normalized spacial score (nSPS) is 10.2. The number of benzene rings is 2. The first-order chi connectivity index (χ1) is 11.5. The highest BCUT2D eigenvalue weighted by atomic mass is 16.5. The predicted molar refractivity (Wildman–Crippen MR) is 94.3 cm³/mol. The predicted octanol–water partition coefficient (Wildman–Crippen LogP) is 3.51. The Morgan fingerprint density at radius 1 is 0.917 bits per heavy atom. The van der Waals surface area contributed by atoms with E-state index >= 15 is 0 Å². The van der Waals surface area contributed by atoms with E-state index in [1.807, 2.05) is 32.0 Å². The monoisotopic (exact) mass is 329 g/mol. The van der Waals surface area contributed by atoms with Crippen LogP contribution in [0.2, 0.25) is 0 Å². The molecule has 128 valence electrons. The molecule has 5 heteroatoms. The summed E-state index contributed by atoms with van der Waals surface area (Å²) in [6, 6.07) is 9.41. The lowest BCUT2D eigenvalue weighted by Crippen LogP contribution is -2.14. The number of carbonyl (C=O) groups is 1. The van der Waals surface area contributed by atoms with Gasteiger partial charge in [0.25, 0.3) is 0 Å². The van der Waals surface area contributed by atoms with Crippen LogP contribution < -0.4 is 19.5 Å². The summed E-state index contributed by atoms with van der Waals surface area (Å²) in [6.45, 7) is 4.06. The molecule has 0 aliphatic heterocycles. The van der Waals surface area contributed by atoms with E-state index in [0.717, 1.165) is 16.8 Å². The minimum Gasteiger partial charge on any atom is -0.493 e. The molecule has 0 saturated carbocycles. The molecule has 0 radical (unpaired) electrons. The fourth-order valence-electron chi connectivity index (χ4n) is 2.45. The van der Waals surface area contributed by atoms with Gasteiger partial charge in [-0.05, 0) is 54.8 Å². The van der Waals surface area contributed by atoms with Crippen LogP contribution >= 0.6 is 0 Å². The lowest BCUT2D eigenvalue weighted by atomic mass is 10.1. The Bertz CT molecular complexity index is 715. The minimum atomic E-state index is -0.104.